The number of ether oxygens (including phenoxy) is 3. The van der Waals surface area contributed by atoms with Crippen LogP contribution in [0.15, 0.2) is 29.4 Å². The number of hydrogen-bond acceptors (Lipinski definition) is 8. The zero-order valence-corrected chi connectivity index (χ0v) is 15.8. The Hall–Kier alpha value is -2.68. The molecule has 0 spiro atoms. The third-order valence-electron chi connectivity index (χ3n) is 3.38. The third-order valence-corrected chi connectivity index (χ3v) is 4.23. The number of hydrogen-bond donors (Lipinski definition) is 0. The van der Waals surface area contributed by atoms with Gasteiger partial charge in [0.1, 0.15) is 17.9 Å². The normalized spacial score (nSPS) is 11.1. The first-order chi connectivity index (χ1) is 12.3. The Kier molecular flexibility index (Phi) is 6.14. The van der Waals surface area contributed by atoms with Gasteiger partial charge in [-0.1, -0.05) is 12.1 Å². The molecule has 0 aliphatic heterocycles. The van der Waals surface area contributed by atoms with Crippen LogP contribution < -0.4 is 9.47 Å². The minimum atomic E-state index is -3.67. The van der Waals surface area contributed by atoms with Crippen molar-refractivity contribution in [2.75, 3.05) is 20.0 Å². The molecule has 0 atom stereocenters. The largest absolute Gasteiger partial charge is 0.497 e. The summed E-state index contributed by atoms with van der Waals surface area (Å²) in [6.07, 6.45) is 0.985. The van der Waals surface area contributed by atoms with Crippen LogP contribution in [0.1, 0.15) is 28.5 Å². The van der Waals surface area contributed by atoms with Crippen molar-refractivity contribution < 1.29 is 27.4 Å². The first-order valence-electron chi connectivity index (χ1n) is 7.77. The van der Waals surface area contributed by atoms with E-state index >= 15 is 0 Å². The molecule has 1 aromatic carbocycles. The molecule has 140 valence electrons. The molecule has 9 heteroatoms. The van der Waals surface area contributed by atoms with Crippen LogP contribution in [-0.4, -0.2) is 44.3 Å². The maximum atomic E-state index is 12.2. The van der Waals surface area contributed by atoms with Crippen molar-refractivity contribution >= 4 is 15.8 Å². The molecule has 2 aromatic rings. The predicted molar refractivity (Wildman–Crippen MR) is 93.2 cm³/mol. The van der Waals surface area contributed by atoms with E-state index in [4.69, 9.17) is 14.2 Å². The lowest BCUT2D eigenvalue weighted by Crippen LogP contribution is -2.16. The van der Waals surface area contributed by atoms with Gasteiger partial charge in [0.05, 0.1) is 19.4 Å². The fourth-order valence-corrected chi connectivity index (χ4v) is 2.66. The lowest BCUT2D eigenvalue weighted by molar-refractivity contribution is 0.0517. The summed E-state index contributed by atoms with van der Waals surface area (Å²) in [5.41, 5.74) is 0.967. The number of benzene rings is 1. The van der Waals surface area contributed by atoms with Gasteiger partial charge in [0, 0.05) is 6.26 Å². The second-order valence-corrected chi connectivity index (χ2v) is 7.31. The van der Waals surface area contributed by atoms with E-state index in [1.54, 1.807) is 38.3 Å². The molecule has 26 heavy (non-hydrogen) atoms. The summed E-state index contributed by atoms with van der Waals surface area (Å²) in [4.78, 5) is 20.0. The van der Waals surface area contributed by atoms with Crippen molar-refractivity contribution in [3.8, 4) is 11.6 Å². The van der Waals surface area contributed by atoms with Gasteiger partial charge in [-0.25, -0.2) is 18.2 Å². The minimum absolute atomic E-state index is 0.00719. The number of esters is 1. The van der Waals surface area contributed by atoms with Crippen LogP contribution in [0.2, 0.25) is 0 Å². The average molecular weight is 380 g/mol. The van der Waals surface area contributed by atoms with Gasteiger partial charge in [-0.15, -0.1) is 0 Å². The molecular formula is C17H20N2O6S. The Morgan fingerprint density at radius 3 is 2.35 bits per heavy atom. The van der Waals surface area contributed by atoms with Gasteiger partial charge in [-0.05, 0) is 31.5 Å². The highest BCUT2D eigenvalue weighted by Crippen LogP contribution is 2.23. The quantitative estimate of drug-likeness (QED) is 0.530. The number of rotatable bonds is 7. The molecule has 0 bridgehead atoms. The van der Waals surface area contributed by atoms with Crippen LogP contribution in [0.5, 0.6) is 11.6 Å². The fraction of sp³-hybridized carbons (Fsp3) is 0.353. The van der Waals surface area contributed by atoms with Crippen LogP contribution in [0.4, 0.5) is 0 Å². The van der Waals surface area contributed by atoms with Gasteiger partial charge in [-0.3, -0.25) is 0 Å². The number of carbonyl (C=O) groups is 1. The van der Waals surface area contributed by atoms with Crippen molar-refractivity contribution in [1.29, 1.82) is 0 Å². The van der Waals surface area contributed by atoms with Gasteiger partial charge < -0.3 is 14.2 Å². The maximum Gasteiger partial charge on any atom is 0.345 e. The summed E-state index contributed by atoms with van der Waals surface area (Å²) >= 11 is 0. The number of methoxy groups -OCH3 is 1. The van der Waals surface area contributed by atoms with E-state index in [0.717, 1.165) is 11.8 Å². The van der Waals surface area contributed by atoms with Crippen LogP contribution >= 0.6 is 0 Å². The molecule has 0 saturated heterocycles. The summed E-state index contributed by atoms with van der Waals surface area (Å²) in [6.45, 7) is 3.40. The van der Waals surface area contributed by atoms with E-state index in [-0.39, 0.29) is 30.4 Å². The first kappa shape index (κ1) is 19.6. The topological polar surface area (TPSA) is 105 Å². The number of carbonyl (C=O) groups excluding carboxylic acids is 1. The highest BCUT2D eigenvalue weighted by molar-refractivity contribution is 7.90. The molecule has 0 aliphatic carbocycles. The highest BCUT2D eigenvalue weighted by atomic mass is 32.2. The summed E-state index contributed by atoms with van der Waals surface area (Å²) in [6, 6.07) is 7.10. The molecule has 0 N–H and O–H groups in total. The maximum absolute atomic E-state index is 12.2. The molecule has 0 unspecified atom stereocenters. The fourth-order valence-electron chi connectivity index (χ4n) is 2.10. The van der Waals surface area contributed by atoms with Crippen LogP contribution in [0.3, 0.4) is 0 Å². The molecule has 0 fully saturated rings. The Morgan fingerprint density at radius 2 is 1.81 bits per heavy atom. The summed E-state index contributed by atoms with van der Waals surface area (Å²) < 4.78 is 39.3. The van der Waals surface area contributed by atoms with Crippen molar-refractivity contribution in [2.45, 2.75) is 25.6 Å². The minimum Gasteiger partial charge on any atom is -0.497 e. The number of aromatic nitrogens is 2. The highest BCUT2D eigenvalue weighted by Gasteiger charge is 2.24. The molecule has 1 heterocycles. The van der Waals surface area contributed by atoms with Crippen molar-refractivity contribution in [2.24, 2.45) is 0 Å². The number of aryl methyl sites for hydroxylation is 1. The predicted octanol–water partition coefficient (Wildman–Crippen LogP) is 1.95. The zero-order valence-electron chi connectivity index (χ0n) is 15.0. The Balaban J connectivity index is 2.38. The summed E-state index contributed by atoms with van der Waals surface area (Å²) in [5, 5.41) is -0.409. The van der Waals surface area contributed by atoms with Gasteiger partial charge in [0.15, 0.2) is 0 Å². The molecule has 0 amide bonds. The van der Waals surface area contributed by atoms with Gasteiger partial charge in [0.2, 0.25) is 20.9 Å². The molecule has 0 aliphatic rings. The number of sulfone groups is 1. The van der Waals surface area contributed by atoms with E-state index in [1.807, 2.05) is 0 Å². The van der Waals surface area contributed by atoms with Crippen molar-refractivity contribution in [1.82, 2.24) is 9.97 Å². The lowest BCUT2D eigenvalue weighted by atomic mass is 10.2. The SMILES string of the molecule is CCOC(=O)c1c(C)nc(S(C)(=O)=O)nc1OCc1ccc(OC)cc1. The van der Waals surface area contributed by atoms with Crippen molar-refractivity contribution in [3.63, 3.8) is 0 Å². The van der Waals surface area contributed by atoms with Crippen LogP contribution in [0.25, 0.3) is 0 Å². The first-order valence-corrected chi connectivity index (χ1v) is 9.67. The second kappa shape index (κ2) is 8.13. The van der Waals surface area contributed by atoms with Gasteiger partial charge >= 0.3 is 5.97 Å². The van der Waals surface area contributed by atoms with E-state index in [9.17, 15) is 13.2 Å². The molecule has 0 radical (unpaired) electrons. The van der Waals surface area contributed by atoms with Crippen molar-refractivity contribution in [3.05, 3.63) is 41.1 Å². The van der Waals surface area contributed by atoms with Gasteiger partial charge in [0.25, 0.3) is 0 Å². The monoisotopic (exact) mass is 380 g/mol. The number of nitrogens with zero attached hydrogens (tertiary/aromatic N) is 2. The van der Waals surface area contributed by atoms with E-state index in [0.29, 0.717) is 5.75 Å². The Morgan fingerprint density at radius 1 is 1.15 bits per heavy atom. The van der Waals surface area contributed by atoms with Crippen LogP contribution in [0, 0.1) is 6.92 Å². The molecule has 0 saturated carbocycles. The van der Waals surface area contributed by atoms with Crippen LogP contribution in [-0.2, 0) is 21.2 Å². The Bertz CT molecular complexity index is 894. The van der Waals surface area contributed by atoms with E-state index in [2.05, 4.69) is 9.97 Å². The molecule has 8 nitrogen and oxygen atoms in total. The molecule has 1 aromatic heterocycles. The lowest BCUT2D eigenvalue weighted by Gasteiger charge is -2.13. The average Bonchev–Trinajstić information content (AvgIpc) is 2.59. The van der Waals surface area contributed by atoms with Gasteiger partial charge in [-0.2, -0.15) is 4.98 Å². The second-order valence-electron chi connectivity index (χ2n) is 5.40. The summed E-state index contributed by atoms with van der Waals surface area (Å²) in [7, 11) is -2.10. The van der Waals surface area contributed by atoms with E-state index < -0.39 is 21.0 Å². The molecular weight excluding hydrogens is 360 g/mol. The zero-order chi connectivity index (χ0) is 19.3. The smallest absolute Gasteiger partial charge is 0.345 e. The molecule has 2 rings (SSSR count). The Labute approximate surface area is 152 Å². The van der Waals surface area contributed by atoms with E-state index in [1.165, 1.54) is 6.92 Å². The third kappa shape index (κ3) is 4.69. The summed E-state index contributed by atoms with van der Waals surface area (Å²) in [5.74, 6) is -0.111. The standard InChI is InChI=1S/C17H20N2O6S/c1-5-24-16(20)14-11(2)18-17(26(4,21)22)19-15(14)25-10-12-6-8-13(23-3)9-7-12/h6-9H,5,10H2,1-4H3.